The van der Waals surface area contributed by atoms with Crippen LogP contribution < -0.4 is 10.2 Å². The molecule has 1 atom stereocenters. The van der Waals surface area contributed by atoms with Crippen molar-refractivity contribution in [3.63, 3.8) is 0 Å². The second kappa shape index (κ2) is 8.29. The van der Waals surface area contributed by atoms with Crippen molar-refractivity contribution in [3.05, 3.63) is 41.3 Å². The highest BCUT2D eigenvalue weighted by atomic mass is 35.5. The molecule has 7 heteroatoms. The van der Waals surface area contributed by atoms with E-state index in [1.807, 2.05) is 19.3 Å². The third kappa shape index (κ3) is 4.67. The standard InChI is InChI=1S/C16H23N5O.ClH/c1-12-11-21(5-6-22-12)16-4-3-14(8-18-16)7-17-9-15-10-19-20-13(15)2;/h3-4,8,10,12,17H,5-7,9,11H2,1-2H3,(H,19,20);1H. The van der Waals surface area contributed by atoms with Crippen LogP contribution in [0.25, 0.3) is 0 Å². The van der Waals surface area contributed by atoms with Gasteiger partial charge in [0, 0.05) is 43.6 Å². The molecular formula is C16H24ClN5O. The Bertz CT molecular complexity index is 601. The van der Waals surface area contributed by atoms with Gasteiger partial charge in [-0.05, 0) is 25.5 Å². The van der Waals surface area contributed by atoms with E-state index < -0.39 is 0 Å². The fourth-order valence-corrected chi connectivity index (χ4v) is 2.63. The van der Waals surface area contributed by atoms with Gasteiger partial charge in [0.2, 0.25) is 0 Å². The molecule has 1 aliphatic rings. The molecule has 3 heterocycles. The third-order valence-electron chi connectivity index (χ3n) is 3.95. The molecule has 1 saturated heterocycles. The van der Waals surface area contributed by atoms with E-state index in [2.05, 4.69) is 44.5 Å². The maximum Gasteiger partial charge on any atom is 0.128 e. The molecular weight excluding hydrogens is 314 g/mol. The van der Waals surface area contributed by atoms with Gasteiger partial charge in [0.1, 0.15) is 5.82 Å². The molecule has 23 heavy (non-hydrogen) atoms. The normalized spacial score (nSPS) is 17.8. The number of nitrogens with zero attached hydrogens (tertiary/aromatic N) is 3. The summed E-state index contributed by atoms with van der Waals surface area (Å²) in [7, 11) is 0. The van der Waals surface area contributed by atoms with E-state index in [0.717, 1.165) is 44.3 Å². The van der Waals surface area contributed by atoms with Gasteiger partial charge in [-0.1, -0.05) is 6.07 Å². The Kier molecular flexibility index (Phi) is 6.38. The maximum absolute atomic E-state index is 5.56. The number of hydrogen-bond acceptors (Lipinski definition) is 5. The topological polar surface area (TPSA) is 66.1 Å². The SMILES string of the molecule is Cc1[nH]ncc1CNCc1ccc(N2CCOC(C)C2)nc1.Cl. The lowest BCUT2D eigenvalue weighted by atomic mass is 10.2. The van der Waals surface area contributed by atoms with Gasteiger partial charge in [0.05, 0.1) is 18.9 Å². The van der Waals surface area contributed by atoms with Gasteiger partial charge < -0.3 is 15.0 Å². The van der Waals surface area contributed by atoms with Crippen LogP contribution in [0.4, 0.5) is 5.82 Å². The summed E-state index contributed by atoms with van der Waals surface area (Å²) in [5.41, 5.74) is 3.50. The first kappa shape index (κ1) is 17.7. The quantitative estimate of drug-likeness (QED) is 0.874. The minimum absolute atomic E-state index is 0. The van der Waals surface area contributed by atoms with Gasteiger partial charge in [-0.15, -0.1) is 12.4 Å². The molecule has 126 valence electrons. The predicted molar refractivity (Wildman–Crippen MR) is 93.0 cm³/mol. The highest BCUT2D eigenvalue weighted by Crippen LogP contribution is 2.15. The number of aromatic nitrogens is 3. The van der Waals surface area contributed by atoms with Crippen LogP contribution in [-0.4, -0.2) is 41.0 Å². The van der Waals surface area contributed by atoms with E-state index in [4.69, 9.17) is 4.74 Å². The number of pyridine rings is 1. The number of hydrogen-bond donors (Lipinski definition) is 2. The molecule has 2 aromatic heterocycles. The van der Waals surface area contributed by atoms with Crippen LogP contribution in [0.3, 0.4) is 0 Å². The van der Waals surface area contributed by atoms with Crippen LogP contribution in [0.5, 0.6) is 0 Å². The van der Waals surface area contributed by atoms with Crippen molar-refractivity contribution >= 4 is 18.2 Å². The van der Waals surface area contributed by atoms with Crippen molar-refractivity contribution in [3.8, 4) is 0 Å². The molecule has 0 amide bonds. The molecule has 0 aromatic carbocycles. The summed E-state index contributed by atoms with van der Waals surface area (Å²) in [6.45, 7) is 8.34. The molecule has 2 aromatic rings. The Morgan fingerprint density at radius 2 is 2.22 bits per heavy atom. The molecule has 0 spiro atoms. The average Bonchev–Trinajstić information content (AvgIpc) is 2.93. The largest absolute Gasteiger partial charge is 0.375 e. The number of anilines is 1. The van der Waals surface area contributed by atoms with Crippen LogP contribution in [-0.2, 0) is 17.8 Å². The number of nitrogens with one attached hydrogen (secondary N) is 2. The van der Waals surface area contributed by atoms with Crippen LogP contribution in [0.15, 0.2) is 24.5 Å². The smallest absolute Gasteiger partial charge is 0.128 e. The van der Waals surface area contributed by atoms with Crippen molar-refractivity contribution in [2.75, 3.05) is 24.6 Å². The molecule has 2 N–H and O–H groups in total. The number of aryl methyl sites for hydroxylation is 1. The number of aromatic amines is 1. The van der Waals surface area contributed by atoms with Gasteiger partial charge in [0.25, 0.3) is 0 Å². The van der Waals surface area contributed by atoms with Crippen LogP contribution in [0, 0.1) is 6.92 Å². The zero-order valence-corrected chi connectivity index (χ0v) is 14.4. The van der Waals surface area contributed by atoms with Crippen molar-refractivity contribution in [1.29, 1.82) is 0 Å². The van der Waals surface area contributed by atoms with Crippen LogP contribution in [0.2, 0.25) is 0 Å². The van der Waals surface area contributed by atoms with E-state index in [1.165, 1.54) is 11.1 Å². The Labute approximate surface area is 143 Å². The van der Waals surface area contributed by atoms with E-state index >= 15 is 0 Å². The average molecular weight is 338 g/mol. The summed E-state index contributed by atoms with van der Waals surface area (Å²) in [4.78, 5) is 6.86. The third-order valence-corrected chi connectivity index (χ3v) is 3.95. The number of rotatable bonds is 5. The van der Waals surface area contributed by atoms with Gasteiger partial charge in [-0.25, -0.2) is 4.98 Å². The first-order chi connectivity index (χ1) is 10.7. The molecule has 0 saturated carbocycles. The fraction of sp³-hybridized carbons (Fsp3) is 0.500. The minimum Gasteiger partial charge on any atom is -0.375 e. The zero-order chi connectivity index (χ0) is 15.4. The second-order valence-electron chi connectivity index (χ2n) is 5.78. The molecule has 0 radical (unpaired) electrons. The van der Waals surface area contributed by atoms with Crippen LogP contribution in [0.1, 0.15) is 23.7 Å². The van der Waals surface area contributed by atoms with Gasteiger partial charge in [0.15, 0.2) is 0 Å². The summed E-state index contributed by atoms with van der Waals surface area (Å²) in [6.07, 6.45) is 4.09. The van der Waals surface area contributed by atoms with Crippen molar-refractivity contribution in [2.24, 2.45) is 0 Å². The van der Waals surface area contributed by atoms with Crippen LogP contribution >= 0.6 is 12.4 Å². The lowest BCUT2D eigenvalue weighted by molar-refractivity contribution is 0.0529. The van der Waals surface area contributed by atoms with Crippen molar-refractivity contribution in [2.45, 2.75) is 33.0 Å². The summed E-state index contributed by atoms with van der Waals surface area (Å²) in [5, 5.41) is 10.4. The molecule has 0 aliphatic carbocycles. The molecule has 0 bridgehead atoms. The van der Waals surface area contributed by atoms with Crippen molar-refractivity contribution < 1.29 is 4.74 Å². The summed E-state index contributed by atoms with van der Waals surface area (Å²) in [6, 6.07) is 4.23. The number of morpholine rings is 1. The molecule has 3 rings (SSSR count). The van der Waals surface area contributed by atoms with Gasteiger partial charge in [-0.3, -0.25) is 5.10 Å². The lowest BCUT2D eigenvalue weighted by Crippen LogP contribution is -2.41. The summed E-state index contributed by atoms with van der Waals surface area (Å²) >= 11 is 0. The molecule has 1 unspecified atom stereocenters. The van der Waals surface area contributed by atoms with E-state index in [9.17, 15) is 0 Å². The Balaban J connectivity index is 0.00000192. The highest BCUT2D eigenvalue weighted by Gasteiger charge is 2.17. The first-order valence-corrected chi connectivity index (χ1v) is 7.73. The Morgan fingerprint density at radius 1 is 1.35 bits per heavy atom. The fourth-order valence-electron chi connectivity index (χ4n) is 2.63. The van der Waals surface area contributed by atoms with E-state index in [-0.39, 0.29) is 18.5 Å². The Hall–Kier alpha value is -1.63. The predicted octanol–water partition coefficient (Wildman–Crippen LogP) is 2.05. The maximum atomic E-state index is 5.56. The summed E-state index contributed by atoms with van der Waals surface area (Å²) in [5.74, 6) is 1.03. The number of halogens is 1. The molecule has 6 nitrogen and oxygen atoms in total. The molecule has 1 fully saturated rings. The van der Waals surface area contributed by atoms with E-state index in [0.29, 0.717) is 0 Å². The number of ether oxygens (including phenoxy) is 1. The van der Waals surface area contributed by atoms with Gasteiger partial charge in [-0.2, -0.15) is 5.10 Å². The Morgan fingerprint density at radius 3 is 2.87 bits per heavy atom. The summed E-state index contributed by atoms with van der Waals surface area (Å²) < 4.78 is 5.56. The number of H-pyrrole nitrogens is 1. The van der Waals surface area contributed by atoms with Crippen molar-refractivity contribution in [1.82, 2.24) is 20.5 Å². The highest BCUT2D eigenvalue weighted by molar-refractivity contribution is 5.85. The van der Waals surface area contributed by atoms with Gasteiger partial charge >= 0.3 is 0 Å². The monoisotopic (exact) mass is 337 g/mol. The first-order valence-electron chi connectivity index (χ1n) is 7.73. The molecule has 1 aliphatic heterocycles. The minimum atomic E-state index is 0. The lowest BCUT2D eigenvalue weighted by Gasteiger charge is -2.32. The second-order valence-corrected chi connectivity index (χ2v) is 5.78. The van der Waals surface area contributed by atoms with E-state index in [1.54, 1.807) is 0 Å². The zero-order valence-electron chi connectivity index (χ0n) is 13.6.